The Morgan fingerprint density at radius 2 is 2.25 bits per heavy atom. The number of thiazole rings is 1. The van der Waals surface area contributed by atoms with Gasteiger partial charge >= 0.3 is 0 Å². The molecule has 1 aliphatic carbocycles. The van der Waals surface area contributed by atoms with Crippen LogP contribution in [0.2, 0.25) is 0 Å². The molecule has 1 fully saturated rings. The highest BCUT2D eigenvalue weighted by Crippen LogP contribution is 2.32. The Morgan fingerprint density at radius 1 is 1.44 bits per heavy atom. The topological polar surface area (TPSA) is 50.9 Å². The van der Waals surface area contributed by atoms with Gasteiger partial charge in [0.25, 0.3) is 0 Å². The molecular weight excluding hydrogens is 218 g/mol. The van der Waals surface area contributed by atoms with Gasteiger partial charge in [0.05, 0.1) is 10.2 Å². The van der Waals surface area contributed by atoms with E-state index in [1.807, 2.05) is 18.2 Å². The van der Waals surface area contributed by atoms with Crippen molar-refractivity contribution in [2.24, 2.45) is 11.7 Å². The number of nitrogens with zero attached hydrogens (tertiary/aromatic N) is 1. The van der Waals surface area contributed by atoms with Gasteiger partial charge in [-0.05, 0) is 30.9 Å². The van der Waals surface area contributed by atoms with Gasteiger partial charge in [-0.1, -0.05) is 23.5 Å². The largest absolute Gasteiger partial charge is 0.360 e. The van der Waals surface area contributed by atoms with Crippen LogP contribution >= 0.6 is 11.3 Å². The molecule has 1 heterocycles. The fraction of sp³-hybridized carbons (Fsp3) is 0.417. The zero-order valence-electron chi connectivity index (χ0n) is 9.02. The third-order valence-electron chi connectivity index (χ3n) is 3.01. The number of anilines is 1. The molecule has 0 saturated heterocycles. The van der Waals surface area contributed by atoms with E-state index in [0.717, 1.165) is 23.1 Å². The van der Waals surface area contributed by atoms with Crippen LogP contribution in [0.3, 0.4) is 0 Å². The first-order valence-corrected chi connectivity index (χ1v) is 6.49. The molecule has 3 N–H and O–H groups in total. The van der Waals surface area contributed by atoms with Crippen molar-refractivity contribution in [2.75, 3.05) is 11.9 Å². The molecule has 3 nitrogen and oxygen atoms in total. The smallest absolute Gasteiger partial charge is 0.183 e. The lowest BCUT2D eigenvalue weighted by Crippen LogP contribution is -2.30. The van der Waals surface area contributed by atoms with Crippen LogP contribution in [-0.4, -0.2) is 17.6 Å². The minimum atomic E-state index is 0.284. The Morgan fingerprint density at radius 3 is 3.00 bits per heavy atom. The summed E-state index contributed by atoms with van der Waals surface area (Å²) in [6, 6.07) is 8.48. The molecule has 0 amide bonds. The van der Waals surface area contributed by atoms with Gasteiger partial charge in [0.15, 0.2) is 5.13 Å². The maximum atomic E-state index is 6.04. The number of nitrogens with two attached hydrogens (primary N) is 1. The summed E-state index contributed by atoms with van der Waals surface area (Å²) in [7, 11) is 0. The fourth-order valence-electron chi connectivity index (χ4n) is 1.84. The van der Waals surface area contributed by atoms with E-state index in [2.05, 4.69) is 16.4 Å². The second-order valence-electron chi connectivity index (χ2n) is 4.37. The molecule has 4 heteroatoms. The molecule has 0 aliphatic heterocycles. The molecule has 1 atom stereocenters. The van der Waals surface area contributed by atoms with Crippen molar-refractivity contribution in [1.29, 1.82) is 0 Å². The van der Waals surface area contributed by atoms with Crippen molar-refractivity contribution in [3.05, 3.63) is 24.3 Å². The van der Waals surface area contributed by atoms with Gasteiger partial charge in [0.2, 0.25) is 0 Å². The number of fused-ring (bicyclic) bond motifs is 1. The van der Waals surface area contributed by atoms with Crippen molar-refractivity contribution in [3.8, 4) is 0 Å². The molecule has 0 bridgehead atoms. The van der Waals surface area contributed by atoms with Crippen LogP contribution in [0.1, 0.15) is 12.8 Å². The van der Waals surface area contributed by atoms with Crippen LogP contribution in [-0.2, 0) is 0 Å². The summed E-state index contributed by atoms with van der Waals surface area (Å²) >= 11 is 1.69. The van der Waals surface area contributed by atoms with E-state index in [-0.39, 0.29) is 6.04 Å². The highest BCUT2D eigenvalue weighted by Gasteiger charge is 2.28. The van der Waals surface area contributed by atoms with E-state index in [0.29, 0.717) is 0 Å². The van der Waals surface area contributed by atoms with Crippen molar-refractivity contribution < 1.29 is 0 Å². The first-order valence-electron chi connectivity index (χ1n) is 5.68. The molecule has 1 aliphatic rings. The molecule has 1 aromatic carbocycles. The molecule has 16 heavy (non-hydrogen) atoms. The van der Waals surface area contributed by atoms with Gasteiger partial charge in [-0.3, -0.25) is 0 Å². The first kappa shape index (κ1) is 10.1. The summed E-state index contributed by atoms with van der Waals surface area (Å²) in [6.45, 7) is 0.838. The van der Waals surface area contributed by atoms with E-state index in [9.17, 15) is 0 Å². The van der Waals surface area contributed by atoms with E-state index in [4.69, 9.17) is 5.73 Å². The van der Waals surface area contributed by atoms with E-state index in [1.165, 1.54) is 17.5 Å². The third-order valence-corrected chi connectivity index (χ3v) is 4.00. The van der Waals surface area contributed by atoms with E-state index >= 15 is 0 Å². The monoisotopic (exact) mass is 233 g/mol. The zero-order chi connectivity index (χ0) is 11.0. The number of nitrogens with one attached hydrogen (secondary N) is 1. The van der Waals surface area contributed by atoms with Crippen LogP contribution in [0, 0.1) is 5.92 Å². The Hall–Kier alpha value is -1.13. The van der Waals surface area contributed by atoms with Gasteiger partial charge in [-0.15, -0.1) is 0 Å². The molecule has 1 aromatic heterocycles. The fourth-order valence-corrected chi connectivity index (χ4v) is 2.72. The maximum absolute atomic E-state index is 6.04. The van der Waals surface area contributed by atoms with Gasteiger partial charge in [0, 0.05) is 12.6 Å². The molecule has 2 aromatic rings. The van der Waals surface area contributed by atoms with E-state index < -0.39 is 0 Å². The number of rotatable bonds is 4. The Kier molecular flexibility index (Phi) is 2.53. The highest BCUT2D eigenvalue weighted by atomic mass is 32.1. The van der Waals surface area contributed by atoms with Gasteiger partial charge in [0.1, 0.15) is 0 Å². The maximum Gasteiger partial charge on any atom is 0.183 e. The first-order chi connectivity index (χ1) is 7.83. The van der Waals surface area contributed by atoms with Gasteiger partial charge < -0.3 is 11.1 Å². The number of hydrogen-bond donors (Lipinski definition) is 2. The molecule has 0 radical (unpaired) electrons. The number of benzene rings is 1. The van der Waals surface area contributed by atoms with Gasteiger partial charge in [-0.2, -0.15) is 0 Å². The SMILES string of the molecule is NC(CNc1nc2ccccc2s1)C1CC1. The molecule has 84 valence electrons. The molecule has 1 unspecified atom stereocenters. The second kappa shape index (κ2) is 4.03. The van der Waals surface area contributed by atoms with Crippen LogP contribution in [0.5, 0.6) is 0 Å². The average Bonchev–Trinajstić information content (AvgIpc) is 3.06. The number of aromatic nitrogens is 1. The second-order valence-corrected chi connectivity index (χ2v) is 5.40. The lowest BCUT2D eigenvalue weighted by molar-refractivity contribution is 0.621. The lowest BCUT2D eigenvalue weighted by Gasteiger charge is -2.09. The van der Waals surface area contributed by atoms with Crippen molar-refractivity contribution >= 4 is 26.7 Å². The summed E-state index contributed by atoms with van der Waals surface area (Å²) < 4.78 is 1.23. The van der Waals surface area contributed by atoms with E-state index in [1.54, 1.807) is 11.3 Å². The predicted octanol–water partition coefficient (Wildman–Crippen LogP) is 2.45. The minimum Gasteiger partial charge on any atom is -0.360 e. The summed E-state index contributed by atoms with van der Waals surface area (Å²) in [5.41, 5.74) is 7.10. The number of hydrogen-bond acceptors (Lipinski definition) is 4. The molecule has 0 spiro atoms. The molecular formula is C12H15N3S. The summed E-state index contributed by atoms with van der Waals surface area (Å²) in [6.07, 6.45) is 2.59. The van der Waals surface area contributed by atoms with Crippen LogP contribution in [0.4, 0.5) is 5.13 Å². The Bertz CT molecular complexity index is 457. The van der Waals surface area contributed by atoms with Crippen molar-refractivity contribution in [2.45, 2.75) is 18.9 Å². The normalized spacial score (nSPS) is 17.6. The quantitative estimate of drug-likeness (QED) is 0.853. The van der Waals surface area contributed by atoms with Gasteiger partial charge in [-0.25, -0.2) is 4.98 Å². The lowest BCUT2D eigenvalue weighted by atomic mass is 10.2. The van der Waals surface area contributed by atoms with Crippen molar-refractivity contribution in [1.82, 2.24) is 4.98 Å². The van der Waals surface area contributed by atoms with Crippen LogP contribution in [0.15, 0.2) is 24.3 Å². The van der Waals surface area contributed by atoms with Crippen LogP contribution < -0.4 is 11.1 Å². The molecule has 1 saturated carbocycles. The Labute approximate surface area is 98.7 Å². The summed E-state index contributed by atoms with van der Waals surface area (Å²) in [5, 5.41) is 4.32. The number of para-hydroxylation sites is 1. The van der Waals surface area contributed by atoms with Crippen molar-refractivity contribution in [3.63, 3.8) is 0 Å². The highest BCUT2D eigenvalue weighted by molar-refractivity contribution is 7.22. The third kappa shape index (κ3) is 2.03. The Balaban J connectivity index is 1.69. The van der Waals surface area contributed by atoms with Crippen LogP contribution in [0.25, 0.3) is 10.2 Å². The molecule has 3 rings (SSSR count). The standard InChI is InChI=1S/C12H15N3S/c13-9(8-5-6-8)7-14-12-15-10-3-1-2-4-11(10)16-12/h1-4,8-9H,5-7,13H2,(H,14,15). The summed E-state index contributed by atoms with van der Waals surface area (Å²) in [4.78, 5) is 4.52. The average molecular weight is 233 g/mol. The summed E-state index contributed by atoms with van der Waals surface area (Å²) in [5.74, 6) is 0.738. The predicted molar refractivity (Wildman–Crippen MR) is 68.8 cm³/mol. The zero-order valence-corrected chi connectivity index (χ0v) is 9.83. The minimum absolute atomic E-state index is 0.284.